The van der Waals surface area contributed by atoms with Gasteiger partial charge in [0.2, 0.25) is 0 Å². The molecule has 0 spiro atoms. The van der Waals surface area contributed by atoms with Gasteiger partial charge in [-0.1, -0.05) is 54.6 Å². The van der Waals surface area contributed by atoms with Crippen LogP contribution in [0.3, 0.4) is 0 Å². The molecule has 5 nitrogen and oxygen atoms in total. The zero-order valence-corrected chi connectivity index (χ0v) is 18.3. The van der Waals surface area contributed by atoms with E-state index >= 15 is 0 Å². The maximum atomic E-state index is 12.5. The second kappa shape index (κ2) is 11.4. The number of nitrogens with one attached hydrogen (secondary N) is 1. The number of ether oxygens (including phenoxy) is 2. The van der Waals surface area contributed by atoms with E-state index in [-0.39, 0.29) is 5.57 Å². The van der Waals surface area contributed by atoms with Crippen LogP contribution in [-0.2, 0) is 11.3 Å². The van der Waals surface area contributed by atoms with Gasteiger partial charge in [-0.2, -0.15) is 5.26 Å². The summed E-state index contributed by atoms with van der Waals surface area (Å²) in [6, 6.07) is 24.8. The summed E-state index contributed by atoms with van der Waals surface area (Å²) in [6.45, 7) is 5.17. The molecule has 32 heavy (non-hydrogen) atoms. The quantitative estimate of drug-likeness (QED) is 0.297. The predicted octanol–water partition coefficient (Wildman–Crippen LogP) is 4.98. The summed E-state index contributed by atoms with van der Waals surface area (Å²) in [5.74, 6) is 0.954. The molecule has 1 N–H and O–H groups in total. The van der Waals surface area contributed by atoms with E-state index in [0.717, 1.165) is 11.3 Å². The maximum absolute atomic E-state index is 12.5. The van der Waals surface area contributed by atoms with Gasteiger partial charge in [-0.05, 0) is 54.8 Å². The van der Waals surface area contributed by atoms with Gasteiger partial charge in [-0.3, -0.25) is 4.79 Å². The van der Waals surface area contributed by atoms with Gasteiger partial charge >= 0.3 is 0 Å². The zero-order chi connectivity index (χ0) is 22.8. The normalized spacial score (nSPS) is 10.8. The molecule has 0 aromatic heterocycles. The molecule has 0 bridgehead atoms. The molecule has 3 aromatic carbocycles. The van der Waals surface area contributed by atoms with Gasteiger partial charge in [0.25, 0.3) is 5.91 Å². The Balaban J connectivity index is 1.59. The van der Waals surface area contributed by atoms with E-state index in [0.29, 0.717) is 31.1 Å². The van der Waals surface area contributed by atoms with Gasteiger partial charge in [0.15, 0.2) is 0 Å². The number of nitriles is 1. The summed E-state index contributed by atoms with van der Waals surface area (Å²) in [5.41, 5.74) is 4.03. The lowest BCUT2D eigenvalue weighted by atomic mass is 10.1. The molecule has 0 atom stereocenters. The van der Waals surface area contributed by atoms with Crippen LogP contribution in [0.4, 0.5) is 0 Å². The zero-order valence-electron chi connectivity index (χ0n) is 18.3. The summed E-state index contributed by atoms with van der Waals surface area (Å²) in [4.78, 5) is 12.5. The Morgan fingerprint density at radius 2 is 1.66 bits per heavy atom. The molecule has 3 aromatic rings. The molecule has 0 aliphatic carbocycles. The van der Waals surface area contributed by atoms with Crippen LogP contribution in [-0.4, -0.2) is 19.1 Å². The van der Waals surface area contributed by atoms with Gasteiger partial charge in [-0.15, -0.1) is 0 Å². The Labute approximate surface area is 188 Å². The lowest BCUT2D eigenvalue weighted by molar-refractivity contribution is -0.117. The number of para-hydroxylation sites is 1. The number of carbonyl (C=O) groups is 1. The van der Waals surface area contributed by atoms with E-state index < -0.39 is 5.91 Å². The van der Waals surface area contributed by atoms with E-state index in [2.05, 4.69) is 12.2 Å². The third kappa shape index (κ3) is 6.48. The minimum absolute atomic E-state index is 0.0170. The lowest BCUT2D eigenvalue weighted by Crippen LogP contribution is -2.23. The van der Waals surface area contributed by atoms with E-state index in [1.807, 2.05) is 73.7 Å². The van der Waals surface area contributed by atoms with Crippen LogP contribution in [0, 0.1) is 25.2 Å². The monoisotopic (exact) mass is 426 g/mol. The van der Waals surface area contributed by atoms with Gasteiger partial charge in [0, 0.05) is 12.1 Å². The summed E-state index contributed by atoms with van der Waals surface area (Å²) in [7, 11) is 0. The highest BCUT2D eigenvalue weighted by atomic mass is 16.5. The number of benzene rings is 3. The van der Waals surface area contributed by atoms with Gasteiger partial charge in [0.05, 0.1) is 0 Å². The molecule has 5 heteroatoms. The van der Waals surface area contributed by atoms with Crippen molar-refractivity contribution in [2.24, 2.45) is 0 Å². The molecular formula is C27H26N2O3. The summed E-state index contributed by atoms with van der Waals surface area (Å²) in [5, 5.41) is 12.3. The fourth-order valence-corrected chi connectivity index (χ4v) is 3.02. The maximum Gasteiger partial charge on any atom is 0.262 e. The van der Waals surface area contributed by atoms with E-state index in [1.165, 1.54) is 11.1 Å². The van der Waals surface area contributed by atoms with Crippen molar-refractivity contribution in [1.29, 1.82) is 5.26 Å². The smallest absolute Gasteiger partial charge is 0.262 e. The molecule has 0 fully saturated rings. The van der Waals surface area contributed by atoms with E-state index in [1.54, 1.807) is 18.2 Å². The van der Waals surface area contributed by atoms with Crippen LogP contribution in [0.25, 0.3) is 6.08 Å². The molecule has 0 radical (unpaired) electrons. The molecule has 162 valence electrons. The number of hydrogen-bond donors (Lipinski definition) is 1. The molecule has 0 saturated carbocycles. The van der Waals surface area contributed by atoms with Crippen molar-refractivity contribution in [3.05, 3.63) is 101 Å². The molecule has 0 aliphatic heterocycles. The van der Waals surface area contributed by atoms with Gasteiger partial charge in [-0.25, -0.2) is 0 Å². The highest BCUT2D eigenvalue weighted by molar-refractivity contribution is 6.01. The topological polar surface area (TPSA) is 71.3 Å². The molecule has 1 amide bonds. The van der Waals surface area contributed by atoms with Gasteiger partial charge < -0.3 is 14.8 Å². The number of carbonyl (C=O) groups excluding carboxylic acids is 1. The van der Waals surface area contributed by atoms with Crippen LogP contribution >= 0.6 is 0 Å². The Morgan fingerprint density at radius 1 is 0.938 bits per heavy atom. The van der Waals surface area contributed by atoms with Crippen molar-refractivity contribution in [2.45, 2.75) is 20.4 Å². The average Bonchev–Trinajstić information content (AvgIpc) is 2.82. The molecule has 0 aliphatic rings. The highest BCUT2D eigenvalue weighted by Gasteiger charge is 2.11. The third-order valence-corrected chi connectivity index (χ3v) is 4.97. The highest BCUT2D eigenvalue weighted by Crippen LogP contribution is 2.21. The van der Waals surface area contributed by atoms with Crippen molar-refractivity contribution >= 4 is 12.0 Å². The molecule has 0 unspecified atom stereocenters. The Morgan fingerprint density at radius 3 is 2.41 bits per heavy atom. The summed E-state index contributed by atoms with van der Waals surface area (Å²) < 4.78 is 11.6. The predicted molar refractivity (Wildman–Crippen MR) is 125 cm³/mol. The summed E-state index contributed by atoms with van der Waals surface area (Å²) >= 11 is 0. The molecule has 0 heterocycles. The lowest BCUT2D eigenvalue weighted by Gasteiger charge is -2.12. The Bertz CT molecular complexity index is 1130. The van der Waals surface area contributed by atoms with Crippen LogP contribution in [0.1, 0.15) is 22.3 Å². The number of hydrogen-bond acceptors (Lipinski definition) is 4. The first-order chi connectivity index (χ1) is 15.6. The van der Waals surface area contributed by atoms with Gasteiger partial charge in [0.1, 0.15) is 36.4 Å². The molecule has 0 saturated heterocycles. The Kier molecular flexibility index (Phi) is 8.05. The summed E-state index contributed by atoms with van der Waals surface area (Å²) in [6.07, 6.45) is 1.54. The van der Waals surface area contributed by atoms with E-state index in [9.17, 15) is 10.1 Å². The van der Waals surface area contributed by atoms with E-state index in [4.69, 9.17) is 9.47 Å². The Hall–Kier alpha value is -4.04. The third-order valence-electron chi connectivity index (χ3n) is 4.97. The standard InChI is InChI=1S/C27H26N2O3/c1-20-12-13-25(16-21(20)2)31-14-15-32-26-11-7-6-10-23(26)17-24(18-28)27(30)29-19-22-8-4-3-5-9-22/h3-13,16-17H,14-15,19H2,1-2H3,(H,29,30). The largest absolute Gasteiger partial charge is 0.490 e. The van der Waals surface area contributed by atoms with Crippen LogP contribution in [0.2, 0.25) is 0 Å². The first kappa shape index (κ1) is 22.6. The number of amides is 1. The van der Waals surface area contributed by atoms with Crippen molar-refractivity contribution in [3.8, 4) is 17.6 Å². The fraction of sp³-hybridized carbons (Fsp3) is 0.185. The van der Waals surface area contributed by atoms with Crippen molar-refractivity contribution < 1.29 is 14.3 Å². The van der Waals surface area contributed by atoms with Crippen molar-refractivity contribution in [3.63, 3.8) is 0 Å². The molecule has 3 rings (SSSR count). The van der Waals surface area contributed by atoms with Crippen molar-refractivity contribution in [1.82, 2.24) is 5.32 Å². The number of nitrogens with zero attached hydrogens (tertiary/aromatic N) is 1. The number of aryl methyl sites for hydroxylation is 2. The minimum Gasteiger partial charge on any atom is -0.490 e. The fourth-order valence-electron chi connectivity index (χ4n) is 3.02. The second-order valence-corrected chi connectivity index (χ2v) is 7.32. The van der Waals surface area contributed by atoms with Crippen LogP contribution in [0.15, 0.2) is 78.4 Å². The number of rotatable bonds is 9. The second-order valence-electron chi connectivity index (χ2n) is 7.32. The minimum atomic E-state index is -0.427. The van der Waals surface area contributed by atoms with Crippen molar-refractivity contribution in [2.75, 3.05) is 13.2 Å². The van der Waals surface area contributed by atoms with Crippen LogP contribution in [0.5, 0.6) is 11.5 Å². The first-order valence-electron chi connectivity index (χ1n) is 10.4. The molecular weight excluding hydrogens is 400 g/mol. The SMILES string of the molecule is Cc1ccc(OCCOc2ccccc2C=C(C#N)C(=O)NCc2ccccc2)cc1C. The average molecular weight is 427 g/mol. The van der Waals surface area contributed by atoms with Crippen LogP contribution < -0.4 is 14.8 Å². The first-order valence-corrected chi connectivity index (χ1v) is 10.4.